The molecule has 2 aliphatic rings. The van der Waals surface area contributed by atoms with Gasteiger partial charge in [0.1, 0.15) is 0 Å². The van der Waals surface area contributed by atoms with Gasteiger partial charge in [-0.1, -0.05) is 0 Å². The molecule has 1 heterocycles. The zero-order valence-corrected chi connectivity index (χ0v) is 12.4. The van der Waals surface area contributed by atoms with E-state index in [9.17, 15) is 9.90 Å². The molecule has 1 aromatic rings. The van der Waals surface area contributed by atoms with E-state index in [1.165, 1.54) is 0 Å². The molecule has 2 fully saturated rings. The average Bonchev–Trinajstić information content (AvgIpc) is 2.95. The number of benzene rings is 1. The number of aliphatic hydroxyl groups excluding tert-OH is 1. The van der Waals surface area contributed by atoms with Gasteiger partial charge in [-0.05, 0) is 49.4 Å². The van der Waals surface area contributed by atoms with Crippen molar-refractivity contribution in [1.29, 1.82) is 0 Å². The lowest BCUT2D eigenvalue weighted by atomic mass is 10.00. The molecule has 0 radical (unpaired) electrons. The molecule has 4 N–H and O–H groups in total. The predicted molar refractivity (Wildman–Crippen MR) is 82.9 cm³/mol. The highest BCUT2D eigenvalue weighted by Gasteiger charge is 2.41. The normalized spacial score (nSPS) is 28.6. The lowest BCUT2D eigenvalue weighted by Gasteiger charge is -2.18. The predicted octanol–water partition coefficient (Wildman–Crippen LogP) is 1.22. The Labute approximate surface area is 125 Å². The number of nitrogens with two attached hydrogens (primary N) is 1. The summed E-state index contributed by atoms with van der Waals surface area (Å²) in [6.45, 7) is 4.09. The van der Waals surface area contributed by atoms with Crippen LogP contribution in [0.2, 0.25) is 0 Å². The van der Waals surface area contributed by atoms with Gasteiger partial charge in [-0.3, -0.25) is 9.69 Å². The number of hydrogen-bond donors (Lipinski definition) is 3. The standard InChI is InChI=1S/C16H23N3O2/c1-10-6-12(17)3-4-14(10)18-16(21)9-19-7-11-2-5-15(20)13(11)8-19/h3-4,6,11,13,15,20H,2,5,7-9,17H2,1H3,(H,18,21). The highest BCUT2D eigenvalue weighted by Crippen LogP contribution is 2.37. The number of rotatable bonds is 3. The summed E-state index contributed by atoms with van der Waals surface area (Å²) in [5.41, 5.74) is 8.19. The number of anilines is 2. The number of aryl methyl sites for hydroxylation is 1. The molecule has 3 unspecified atom stereocenters. The molecule has 114 valence electrons. The van der Waals surface area contributed by atoms with E-state index in [1.54, 1.807) is 6.07 Å². The molecular formula is C16H23N3O2. The molecule has 1 saturated carbocycles. The van der Waals surface area contributed by atoms with Gasteiger partial charge in [0.05, 0.1) is 12.6 Å². The van der Waals surface area contributed by atoms with Gasteiger partial charge in [0.15, 0.2) is 0 Å². The topological polar surface area (TPSA) is 78.6 Å². The minimum atomic E-state index is -0.178. The number of hydrogen-bond acceptors (Lipinski definition) is 4. The SMILES string of the molecule is Cc1cc(N)ccc1NC(=O)CN1CC2CCC(O)C2C1. The molecule has 0 aromatic heterocycles. The fourth-order valence-corrected chi connectivity index (χ4v) is 3.68. The lowest BCUT2D eigenvalue weighted by Crippen LogP contribution is -2.33. The first-order valence-electron chi connectivity index (χ1n) is 7.59. The van der Waals surface area contributed by atoms with Crippen molar-refractivity contribution in [3.8, 4) is 0 Å². The number of amides is 1. The molecular weight excluding hydrogens is 266 g/mol. The second-order valence-electron chi connectivity index (χ2n) is 6.39. The van der Waals surface area contributed by atoms with Crippen molar-refractivity contribution in [1.82, 2.24) is 4.90 Å². The number of aliphatic hydroxyl groups is 1. The Morgan fingerprint density at radius 2 is 2.24 bits per heavy atom. The fraction of sp³-hybridized carbons (Fsp3) is 0.562. The lowest BCUT2D eigenvalue weighted by molar-refractivity contribution is -0.117. The summed E-state index contributed by atoms with van der Waals surface area (Å²) in [6.07, 6.45) is 1.82. The van der Waals surface area contributed by atoms with E-state index < -0.39 is 0 Å². The zero-order valence-electron chi connectivity index (χ0n) is 12.4. The maximum absolute atomic E-state index is 12.2. The summed E-state index contributed by atoms with van der Waals surface area (Å²) in [4.78, 5) is 14.3. The first-order chi connectivity index (χ1) is 10.0. The molecule has 0 bridgehead atoms. The van der Waals surface area contributed by atoms with Crippen LogP contribution in [-0.2, 0) is 4.79 Å². The number of carbonyl (C=O) groups excluding carboxylic acids is 1. The molecule has 0 spiro atoms. The van der Waals surface area contributed by atoms with Crippen LogP contribution in [0.4, 0.5) is 11.4 Å². The van der Waals surface area contributed by atoms with Crippen molar-refractivity contribution in [2.24, 2.45) is 11.8 Å². The maximum Gasteiger partial charge on any atom is 0.238 e. The Balaban J connectivity index is 1.55. The third-order valence-corrected chi connectivity index (χ3v) is 4.79. The van der Waals surface area contributed by atoms with E-state index in [4.69, 9.17) is 5.73 Å². The van der Waals surface area contributed by atoms with Gasteiger partial charge < -0.3 is 16.2 Å². The minimum absolute atomic E-state index is 0.00247. The van der Waals surface area contributed by atoms with Crippen LogP contribution in [0.25, 0.3) is 0 Å². The quantitative estimate of drug-likeness (QED) is 0.731. The summed E-state index contributed by atoms with van der Waals surface area (Å²) < 4.78 is 0. The van der Waals surface area contributed by atoms with Gasteiger partial charge in [-0.2, -0.15) is 0 Å². The molecule has 5 heteroatoms. The van der Waals surface area contributed by atoms with Crippen LogP contribution < -0.4 is 11.1 Å². The van der Waals surface area contributed by atoms with E-state index in [0.29, 0.717) is 24.1 Å². The summed E-state index contributed by atoms with van der Waals surface area (Å²) in [7, 11) is 0. The van der Waals surface area contributed by atoms with Crippen LogP contribution in [0.1, 0.15) is 18.4 Å². The third-order valence-electron chi connectivity index (χ3n) is 4.79. The number of fused-ring (bicyclic) bond motifs is 1. The van der Waals surface area contributed by atoms with Crippen molar-refractivity contribution < 1.29 is 9.90 Å². The van der Waals surface area contributed by atoms with E-state index >= 15 is 0 Å². The van der Waals surface area contributed by atoms with Gasteiger partial charge >= 0.3 is 0 Å². The first kappa shape index (κ1) is 14.4. The number of nitrogens with one attached hydrogen (secondary N) is 1. The minimum Gasteiger partial charge on any atom is -0.399 e. The van der Waals surface area contributed by atoms with Crippen LogP contribution in [0.15, 0.2) is 18.2 Å². The monoisotopic (exact) mass is 289 g/mol. The van der Waals surface area contributed by atoms with Gasteiger partial charge in [-0.15, -0.1) is 0 Å². The molecule has 1 aliphatic heterocycles. The number of carbonyl (C=O) groups is 1. The largest absolute Gasteiger partial charge is 0.399 e. The van der Waals surface area contributed by atoms with Crippen LogP contribution in [0, 0.1) is 18.8 Å². The summed E-state index contributed by atoms with van der Waals surface area (Å²) in [6, 6.07) is 5.48. The second-order valence-corrected chi connectivity index (χ2v) is 6.39. The first-order valence-corrected chi connectivity index (χ1v) is 7.59. The van der Waals surface area contributed by atoms with Crippen molar-refractivity contribution in [3.63, 3.8) is 0 Å². The smallest absolute Gasteiger partial charge is 0.238 e. The maximum atomic E-state index is 12.2. The van der Waals surface area contributed by atoms with Crippen LogP contribution in [-0.4, -0.2) is 41.7 Å². The van der Waals surface area contributed by atoms with Crippen LogP contribution in [0.5, 0.6) is 0 Å². The van der Waals surface area contributed by atoms with E-state index in [-0.39, 0.29) is 12.0 Å². The van der Waals surface area contributed by atoms with E-state index in [2.05, 4.69) is 10.2 Å². The Kier molecular flexibility index (Phi) is 3.87. The molecule has 21 heavy (non-hydrogen) atoms. The Hall–Kier alpha value is -1.59. The molecule has 3 rings (SSSR count). The van der Waals surface area contributed by atoms with Crippen molar-refractivity contribution in [3.05, 3.63) is 23.8 Å². The Morgan fingerprint density at radius 1 is 1.43 bits per heavy atom. The fourth-order valence-electron chi connectivity index (χ4n) is 3.68. The van der Waals surface area contributed by atoms with Crippen molar-refractivity contribution >= 4 is 17.3 Å². The van der Waals surface area contributed by atoms with Gasteiger partial charge in [0.2, 0.25) is 5.91 Å². The van der Waals surface area contributed by atoms with Crippen LogP contribution in [0.3, 0.4) is 0 Å². The highest BCUT2D eigenvalue weighted by molar-refractivity contribution is 5.93. The second kappa shape index (κ2) is 5.66. The molecule has 1 amide bonds. The van der Waals surface area contributed by atoms with Gasteiger partial charge in [-0.25, -0.2) is 0 Å². The summed E-state index contributed by atoms with van der Waals surface area (Å²) in [5.74, 6) is 0.916. The van der Waals surface area contributed by atoms with Gasteiger partial charge in [0, 0.05) is 30.4 Å². The summed E-state index contributed by atoms with van der Waals surface area (Å²) >= 11 is 0. The highest BCUT2D eigenvalue weighted by atomic mass is 16.3. The molecule has 1 aliphatic carbocycles. The van der Waals surface area contributed by atoms with Crippen LogP contribution >= 0.6 is 0 Å². The molecule has 3 atom stereocenters. The van der Waals surface area contributed by atoms with E-state index in [0.717, 1.165) is 37.2 Å². The average molecular weight is 289 g/mol. The number of likely N-dealkylation sites (tertiary alicyclic amines) is 1. The molecule has 5 nitrogen and oxygen atoms in total. The van der Waals surface area contributed by atoms with Gasteiger partial charge in [0.25, 0.3) is 0 Å². The number of nitrogens with zero attached hydrogens (tertiary/aromatic N) is 1. The Morgan fingerprint density at radius 3 is 2.95 bits per heavy atom. The number of nitrogen functional groups attached to an aromatic ring is 1. The summed E-state index contributed by atoms with van der Waals surface area (Å²) in [5, 5.41) is 12.9. The third kappa shape index (κ3) is 3.04. The zero-order chi connectivity index (χ0) is 15.0. The Bertz CT molecular complexity index is 546. The van der Waals surface area contributed by atoms with Crippen molar-refractivity contribution in [2.45, 2.75) is 25.9 Å². The molecule has 1 saturated heterocycles. The van der Waals surface area contributed by atoms with E-state index in [1.807, 2.05) is 19.1 Å². The van der Waals surface area contributed by atoms with Crippen molar-refractivity contribution in [2.75, 3.05) is 30.7 Å². The molecule has 1 aromatic carbocycles.